The minimum Gasteiger partial charge on any atom is -0.385 e. The van der Waals surface area contributed by atoms with Crippen LogP contribution in [0, 0.1) is 13.8 Å². The summed E-state index contributed by atoms with van der Waals surface area (Å²) in [5.74, 6) is 0. The highest BCUT2D eigenvalue weighted by molar-refractivity contribution is 5.51. The van der Waals surface area contributed by atoms with Gasteiger partial charge in [0.25, 0.3) is 0 Å². The second kappa shape index (κ2) is 8.34. The SMILES string of the molecule is CCC.CCCNc1ccc(C)cc1C. The summed E-state index contributed by atoms with van der Waals surface area (Å²) < 4.78 is 0. The summed E-state index contributed by atoms with van der Waals surface area (Å²) in [5.41, 5.74) is 3.93. The average molecular weight is 207 g/mol. The fraction of sp³-hybridized carbons (Fsp3) is 0.571. The molecule has 0 radical (unpaired) electrons. The summed E-state index contributed by atoms with van der Waals surface area (Å²) in [7, 11) is 0. The van der Waals surface area contributed by atoms with E-state index in [2.05, 4.69) is 58.1 Å². The number of nitrogens with one attached hydrogen (secondary N) is 1. The molecule has 1 aromatic rings. The molecule has 0 saturated carbocycles. The first-order chi connectivity index (χ1) is 7.15. The molecule has 0 aliphatic heterocycles. The van der Waals surface area contributed by atoms with Crippen LogP contribution in [0.5, 0.6) is 0 Å². The van der Waals surface area contributed by atoms with Crippen LogP contribution in [-0.2, 0) is 0 Å². The monoisotopic (exact) mass is 207 g/mol. The molecule has 1 heteroatoms. The van der Waals surface area contributed by atoms with E-state index < -0.39 is 0 Å². The maximum atomic E-state index is 3.39. The number of benzene rings is 1. The molecule has 1 rings (SSSR count). The fourth-order valence-corrected chi connectivity index (χ4v) is 1.27. The van der Waals surface area contributed by atoms with E-state index in [4.69, 9.17) is 0 Å². The Balaban J connectivity index is 0.000000583. The average Bonchev–Trinajstić information content (AvgIpc) is 2.18. The summed E-state index contributed by atoms with van der Waals surface area (Å²) in [6.07, 6.45) is 2.42. The maximum absolute atomic E-state index is 3.39. The summed E-state index contributed by atoms with van der Waals surface area (Å²) >= 11 is 0. The molecule has 0 heterocycles. The summed E-state index contributed by atoms with van der Waals surface area (Å²) in [6.45, 7) is 11.8. The van der Waals surface area contributed by atoms with Crippen LogP contribution in [0.15, 0.2) is 18.2 Å². The van der Waals surface area contributed by atoms with Crippen molar-refractivity contribution in [2.24, 2.45) is 0 Å². The molecular formula is C14H25N. The van der Waals surface area contributed by atoms with Gasteiger partial charge in [0.2, 0.25) is 0 Å². The quantitative estimate of drug-likeness (QED) is 0.767. The Labute approximate surface area is 94.9 Å². The predicted octanol–water partition coefficient (Wildman–Crippen LogP) is 4.54. The zero-order valence-electron chi connectivity index (χ0n) is 10.9. The van der Waals surface area contributed by atoms with Crippen molar-refractivity contribution in [1.29, 1.82) is 0 Å². The maximum Gasteiger partial charge on any atom is 0.0370 e. The molecule has 0 bridgehead atoms. The second-order valence-corrected chi connectivity index (χ2v) is 3.95. The molecule has 86 valence electrons. The molecule has 0 spiro atoms. The zero-order chi connectivity index (χ0) is 11.7. The minimum atomic E-state index is 1.06. The molecule has 1 nitrogen and oxygen atoms in total. The molecule has 0 unspecified atom stereocenters. The van der Waals surface area contributed by atoms with Crippen LogP contribution < -0.4 is 5.32 Å². The van der Waals surface area contributed by atoms with E-state index in [-0.39, 0.29) is 0 Å². The van der Waals surface area contributed by atoms with Gasteiger partial charge in [-0.1, -0.05) is 44.9 Å². The van der Waals surface area contributed by atoms with Gasteiger partial charge in [-0.3, -0.25) is 0 Å². The van der Waals surface area contributed by atoms with Crippen LogP contribution in [0.25, 0.3) is 0 Å². The van der Waals surface area contributed by atoms with Crippen LogP contribution in [0.1, 0.15) is 44.7 Å². The molecule has 0 fully saturated rings. The molecule has 0 amide bonds. The molecule has 0 atom stereocenters. The first kappa shape index (κ1) is 14.0. The van der Waals surface area contributed by atoms with Gasteiger partial charge in [0.15, 0.2) is 0 Å². The summed E-state index contributed by atoms with van der Waals surface area (Å²) in [4.78, 5) is 0. The topological polar surface area (TPSA) is 12.0 Å². The van der Waals surface area contributed by atoms with Gasteiger partial charge in [0.05, 0.1) is 0 Å². The fourth-order valence-electron chi connectivity index (χ4n) is 1.27. The molecule has 0 saturated heterocycles. The first-order valence-corrected chi connectivity index (χ1v) is 5.96. The summed E-state index contributed by atoms with van der Waals surface area (Å²) in [5, 5.41) is 3.39. The number of rotatable bonds is 3. The van der Waals surface area contributed by atoms with Gasteiger partial charge in [0, 0.05) is 12.2 Å². The van der Waals surface area contributed by atoms with Crippen LogP contribution >= 0.6 is 0 Å². The number of aryl methyl sites for hydroxylation is 2. The number of anilines is 1. The van der Waals surface area contributed by atoms with Gasteiger partial charge >= 0.3 is 0 Å². The van der Waals surface area contributed by atoms with Crippen LogP contribution in [0.3, 0.4) is 0 Å². The van der Waals surface area contributed by atoms with Gasteiger partial charge in [0.1, 0.15) is 0 Å². The third kappa shape index (κ3) is 6.16. The molecule has 0 aliphatic rings. The predicted molar refractivity (Wildman–Crippen MR) is 70.7 cm³/mol. The highest BCUT2D eigenvalue weighted by Gasteiger charge is 1.95. The van der Waals surface area contributed by atoms with Crippen LogP contribution in [-0.4, -0.2) is 6.54 Å². The second-order valence-electron chi connectivity index (χ2n) is 3.95. The van der Waals surface area contributed by atoms with Crippen molar-refractivity contribution in [2.75, 3.05) is 11.9 Å². The van der Waals surface area contributed by atoms with Crippen molar-refractivity contribution in [3.05, 3.63) is 29.3 Å². The Bertz CT molecular complexity index is 266. The Morgan fingerprint density at radius 2 is 1.67 bits per heavy atom. The van der Waals surface area contributed by atoms with E-state index in [1.54, 1.807) is 0 Å². The van der Waals surface area contributed by atoms with Gasteiger partial charge in [-0.25, -0.2) is 0 Å². The van der Waals surface area contributed by atoms with Crippen molar-refractivity contribution < 1.29 is 0 Å². The zero-order valence-corrected chi connectivity index (χ0v) is 10.9. The molecule has 1 aromatic carbocycles. The first-order valence-electron chi connectivity index (χ1n) is 5.96. The van der Waals surface area contributed by atoms with E-state index in [0.717, 1.165) is 6.54 Å². The lowest BCUT2D eigenvalue weighted by atomic mass is 10.1. The van der Waals surface area contributed by atoms with Crippen molar-refractivity contribution in [2.45, 2.75) is 47.5 Å². The van der Waals surface area contributed by atoms with Crippen molar-refractivity contribution in [3.8, 4) is 0 Å². The smallest absolute Gasteiger partial charge is 0.0370 e. The van der Waals surface area contributed by atoms with Crippen molar-refractivity contribution >= 4 is 5.69 Å². The highest BCUT2D eigenvalue weighted by Crippen LogP contribution is 2.15. The molecule has 0 aliphatic carbocycles. The van der Waals surface area contributed by atoms with Crippen molar-refractivity contribution in [1.82, 2.24) is 0 Å². The minimum absolute atomic E-state index is 1.06. The lowest BCUT2D eigenvalue weighted by molar-refractivity contribution is 0.977. The number of hydrogen-bond donors (Lipinski definition) is 1. The normalized spacial score (nSPS) is 9.13. The third-order valence-corrected chi connectivity index (χ3v) is 1.95. The van der Waals surface area contributed by atoms with E-state index in [9.17, 15) is 0 Å². The molecule has 1 N–H and O–H groups in total. The number of hydrogen-bond acceptors (Lipinski definition) is 1. The Morgan fingerprint density at radius 3 is 2.13 bits per heavy atom. The van der Waals surface area contributed by atoms with Crippen LogP contribution in [0.2, 0.25) is 0 Å². The van der Waals surface area contributed by atoms with Gasteiger partial charge in [-0.05, 0) is 31.9 Å². The van der Waals surface area contributed by atoms with Gasteiger partial charge < -0.3 is 5.32 Å². The van der Waals surface area contributed by atoms with Crippen molar-refractivity contribution in [3.63, 3.8) is 0 Å². The highest BCUT2D eigenvalue weighted by atomic mass is 14.9. The van der Waals surface area contributed by atoms with E-state index in [1.807, 2.05) is 0 Å². The summed E-state index contributed by atoms with van der Waals surface area (Å²) in [6, 6.07) is 6.50. The Hall–Kier alpha value is -0.980. The van der Waals surface area contributed by atoms with Crippen LogP contribution in [0.4, 0.5) is 5.69 Å². The van der Waals surface area contributed by atoms with Gasteiger partial charge in [-0.2, -0.15) is 0 Å². The van der Waals surface area contributed by atoms with E-state index in [1.165, 1.54) is 29.7 Å². The third-order valence-electron chi connectivity index (χ3n) is 1.95. The Morgan fingerprint density at radius 1 is 1.07 bits per heavy atom. The molecular weight excluding hydrogens is 182 g/mol. The Kier molecular flexibility index (Phi) is 7.79. The lowest BCUT2D eigenvalue weighted by Gasteiger charge is -2.08. The standard InChI is InChI=1S/C11H17N.C3H8/c1-4-7-12-11-6-5-9(2)8-10(11)3;1-3-2/h5-6,8,12H,4,7H2,1-3H3;3H2,1-2H3. The largest absolute Gasteiger partial charge is 0.385 e. The lowest BCUT2D eigenvalue weighted by Crippen LogP contribution is -2.01. The van der Waals surface area contributed by atoms with E-state index >= 15 is 0 Å². The molecule has 15 heavy (non-hydrogen) atoms. The molecule has 0 aromatic heterocycles. The van der Waals surface area contributed by atoms with E-state index in [0.29, 0.717) is 0 Å². The van der Waals surface area contributed by atoms with Gasteiger partial charge in [-0.15, -0.1) is 0 Å².